The second-order valence-electron chi connectivity index (χ2n) is 10.6. The van der Waals surface area contributed by atoms with Gasteiger partial charge in [-0.2, -0.15) is 5.10 Å². The summed E-state index contributed by atoms with van der Waals surface area (Å²) in [6.07, 6.45) is 8.97. The molecule has 0 aliphatic heterocycles. The number of aryl methyl sites for hydroxylation is 2. The minimum atomic E-state index is -0.134. The van der Waals surface area contributed by atoms with Crippen molar-refractivity contribution in [2.24, 2.45) is 13.0 Å². The topological polar surface area (TPSA) is 86.7 Å². The van der Waals surface area contributed by atoms with Crippen molar-refractivity contribution in [1.29, 1.82) is 0 Å². The van der Waals surface area contributed by atoms with Gasteiger partial charge in [-0.1, -0.05) is 35.9 Å². The standard InChI is InChI=1S/C31H31ClN6O2/c1-20-27(15-24(32)17-33-20)30(39)35-25-11-7-21(8-12-25)18-37-28-5-3-4-6-29(28)38(31(37)40)26-13-9-22(10-14-26)23-16-34-36(2)19-23/h3-6,9-10,13-17,19,21,25H,7-8,11-12,18H2,1-2H3,(H,35,39). The number of aromatic nitrogens is 5. The lowest BCUT2D eigenvalue weighted by atomic mass is 9.85. The third-order valence-electron chi connectivity index (χ3n) is 7.92. The summed E-state index contributed by atoms with van der Waals surface area (Å²) in [7, 11) is 1.90. The fourth-order valence-electron chi connectivity index (χ4n) is 5.76. The summed E-state index contributed by atoms with van der Waals surface area (Å²) in [5, 5.41) is 7.87. The van der Waals surface area contributed by atoms with E-state index in [1.165, 1.54) is 0 Å². The van der Waals surface area contributed by atoms with Crippen molar-refractivity contribution in [2.75, 3.05) is 0 Å². The molecule has 1 amide bonds. The molecule has 9 heteroatoms. The van der Waals surface area contributed by atoms with Crippen LogP contribution in [-0.2, 0) is 13.6 Å². The Morgan fingerprint density at radius 1 is 1.00 bits per heavy atom. The number of rotatable bonds is 6. The maximum absolute atomic E-state index is 13.8. The number of carbonyl (C=O) groups excluding carboxylic acids is 1. The average molecular weight is 555 g/mol. The van der Waals surface area contributed by atoms with E-state index in [0.717, 1.165) is 53.5 Å². The number of nitrogens with one attached hydrogen (secondary N) is 1. The number of fused-ring (bicyclic) bond motifs is 1. The van der Waals surface area contributed by atoms with E-state index in [2.05, 4.69) is 15.4 Å². The van der Waals surface area contributed by atoms with Gasteiger partial charge in [0.15, 0.2) is 0 Å². The summed E-state index contributed by atoms with van der Waals surface area (Å²) in [6, 6.07) is 17.8. The summed E-state index contributed by atoms with van der Waals surface area (Å²) in [4.78, 5) is 30.8. The predicted molar refractivity (Wildman–Crippen MR) is 157 cm³/mol. The minimum absolute atomic E-state index is 0.0327. The lowest BCUT2D eigenvalue weighted by molar-refractivity contribution is 0.0919. The minimum Gasteiger partial charge on any atom is -0.349 e. The van der Waals surface area contributed by atoms with E-state index in [4.69, 9.17) is 11.6 Å². The Labute approximate surface area is 237 Å². The van der Waals surface area contributed by atoms with Crippen LogP contribution < -0.4 is 11.0 Å². The largest absolute Gasteiger partial charge is 0.349 e. The number of para-hydroxylation sites is 2. The molecule has 1 fully saturated rings. The van der Waals surface area contributed by atoms with Gasteiger partial charge in [0.2, 0.25) is 0 Å². The second kappa shape index (κ2) is 10.8. The molecular formula is C31H31ClN6O2. The van der Waals surface area contributed by atoms with Gasteiger partial charge < -0.3 is 5.32 Å². The first-order valence-corrected chi connectivity index (χ1v) is 14.0. The van der Waals surface area contributed by atoms with Crippen LogP contribution in [0.2, 0.25) is 5.02 Å². The zero-order valence-electron chi connectivity index (χ0n) is 22.5. The molecule has 8 nitrogen and oxygen atoms in total. The summed E-state index contributed by atoms with van der Waals surface area (Å²) < 4.78 is 5.49. The molecule has 40 heavy (non-hydrogen) atoms. The van der Waals surface area contributed by atoms with E-state index in [1.54, 1.807) is 21.5 Å². The van der Waals surface area contributed by atoms with Gasteiger partial charge in [0.25, 0.3) is 5.91 Å². The van der Waals surface area contributed by atoms with Crippen LogP contribution in [-0.4, -0.2) is 35.8 Å². The van der Waals surface area contributed by atoms with Crippen molar-refractivity contribution < 1.29 is 4.79 Å². The molecule has 1 saturated carbocycles. The SMILES string of the molecule is Cc1ncc(Cl)cc1C(=O)NC1CCC(Cn2c(=O)n(-c3ccc(-c4cnn(C)c4)cc3)c3ccccc32)CC1. The van der Waals surface area contributed by atoms with Crippen LogP contribution in [0.15, 0.2) is 78.0 Å². The normalized spacial score (nSPS) is 17.3. The average Bonchev–Trinajstić information content (AvgIpc) is 3.52. The fraction of sp³-hybridized carbons (Fsp3) is 0.290. The van der Waals surface area contributed by atoms with Crippen LogP contribution in [0, 0.1) is 12.8 Å². The molecule has 0 bridgehead atoms. The number of halogens is 1. The third-order valence-corrected chi connectivity index (χ3v) is 8.13. The number of imidazole rings is 1. The first-order valence-electron chi connectivity index (χ1n) is 13.6. The molecule has 1 N–H and O–H groups in total. The Bertz CT molecular complexity index is 1740. The lowest BCUT2D eigenvalue weighted by Crippen LogP contribution is -2.39. The van der Waals surface area contributed by atoms with E-state index < -0.39 is 0 Å². The number of amides is 1. The van der Waals surface area contributed by atoms with Crippen LogP contribution in [0.5, 0.6) is 0 Å². The van der Waals surface area contributed by atoms with Gasteiger partial charge in [-0.3, -0.25) is 23.6 Å². The molecule has 3 aromatic heterocycles. The quantitative estimate of drug-likeness (QED) is 0.299. The maximum atomic E-state index is 13.8. The summed E-state index contributed by atoms with van der Waals surface area (Å²) in [6.45, 7) is 2.46. The van der Waals surface area contributed by atoms with Gasteiger partial charge in [-0.15, -0.1) is 0 Å². The zero-order chi connectivity index (χ0) is 27.8. The highest BCUT2D eigenvalue weighted by Crippen LogP contribution is 2.28. The van der Waals surface area contributed by atoms with Crippen LogP contribution in [0.1, 0.15) is 41.7 Å². The van der Waals surface area contributed by atoms with E-state index >= 15 is 0 Å². The molecule has 1 aliphatic rings. The zero-order valence-corrected chi connectivity index (χ0v) is 23.3. The maximum Gasteiger partial charge on any atom is 0.333 e. The highest BCUT2D eigenvalue weighted by molar-refractivity contribution is 6.30. The Kier molecular flexibility index (Phi) is 7.02. The van der Waals surface area contributed by atoms with Gasteiger partial charge in [-0.05, 0) is 74.4 Å². The van der Waals surface area contributed by atoms with Gasteiger partial charge >= 0.3 is 5.69 Å². The van der Waals surface area contributed by atoms with Gasteiger partial charge in [-0.25, -0.2) is 4.79 Å². The molecule has 0 radical (unpaired) electrons. The van der Waals surface area contributed by atoms with Crippen molar-refractivity contribution in [2.45, 2.75) is 45.2 Å². The van der Waals surface area contributed by atoms with Crippen LogP contribution in [0.25, 0.3) is 27.8 Å². The molecule has 0 atom stereocenters. The molecule has 2 aromatic carbocycles. The Morgan fingerprint density at radius 2 is 1.73 bits per heavy atom. The monoisotopic (exact) mass is 554 g/mol. The summed E-state index contributed by atoms with van der Waals surface area (Å²) >= 11 is 6.05. The Hall–Kier alpha value is -4.17. The van der Waals surface area contributed by atoms with Crippen molar-refractivity contribution >= 4 is 28.5 Å². The molecule has 5 aromatic rings. The number of hydrogen-bond donors (Lipinski definition) is 1. The lowest BCUT2D eigenvalue weighted by Gasteiger charge is -2.29. The van der Waals surface area contributed by atoms with Crippen molar-refractivity contribution in [3.8, 4) is 16.8 Å². The molecular weight excluding hydrogens is 524 g/mol. The molecule has 0 unspecified atom stereocenters. The summed E-state index contributed by atoms with van der Waals surface area (Å²) in [5.41, 5.74) is 5.91. The number of carbonyl (C=O) groups is 1. The first kappa shape index (κ1) is 26.1. The van der Waals surface area contributed by atoms with Crippen LogP contribution >= 0.6 is 11.6 Å². The molecule has 1 aliphatic carbocycles. The molecule has 3 heterocycles. The number of pyridine rings is 1. The molecule has 0 spiro atoms. The molecule has 6 rings (SSSR count). The van der Waals surface area contributed by atoms with E-state index in [1.807, 2.05) is 79.5 Å². The van der Waals surface area contributed by atoms with Gasteiger partial charge in [0, 0.05) is 37.6 Å². The van der Waals surface area contributed by atoms with Gasteiger partial charge in [0.05, 0.1) is 39.2 Å². The summed E-state index contributed by atoms with van der Waals surface area (Å²) in [5.74, 6) is 0.220. The van der Waals surface area contributed by atoms with E-state index in [0.29, 0.717) is 28.7 Å². The fourth-order valence-corrected chi connectivity index (χ4v) is 5.91. The van der Waals surface area contributed by atoms with Crippen molar-refractivity contribution in [3.63, 3.8) is 0 Å². The first-order chi connectivity index (χ1) is 19.4. The predicted octanol–water partition coefficient (Wildman–Crippen LogP) is 5.54. The highest BCUT2D eigenvalue weighted by atomic mass is 35.5. The molecule has 0 saturated heterocycles. The van der Waals surface area contributed by atoms with E-state index in [-0.39, 0.29) is 17.6 Å². The highest BCUT2D eigenvalue weighted by Gasteiger charge is 2.25. The second-order valence-corrected chi connectivity index (χ2v) is 11.1. The van der Waals surface area contributed by atoms with Crippen LogP contribution in [0.4, 0.5) is 0 Å². The van der Waals surface area contributed by atoms with E-state index in [9.17, 15) is 9.59 Å². The Balaban J connectivity index is 1.18. The number of nitrogens with zero attached hydrogens (tertiary/aromatic N) is 5. The smallest absolute Gasteiger partial charge is 0.333 e. The third kappa shape index (κ3) is 5.07. The van der Waals surface area contributed by atoms with Crippen molar-refractivity contribution in [3.05, 3.63) is 100.0 Å². The van der Waals surface area contributed by atoms with Crippen molar-refractivity contribution in [1.82, 2.24) is 29.2 Å². The number of hydrogen-bond acceptors (Lipinski definition) is 4. The molecule has 204 valence electrons. The van der Waals surface area contributed by atoms with Crippen LogP contribution in [0.3, 0.4) is 0 Å². The van der Waals surface area contributed by atoms with Gasteiger partial charge in [0.1, 0.15) is 0 Å². The number of benzene rings is 2. The Morgan fingerprint density at radius 3 is 2.42 bits per heavy atom.